The first-order chi connectivity index (χ1) is 15.8. The molecule has 1 aliphatic heterocycles. The van der Waals surface area contributed by atoms with E-state index < -0.39 is 0 Å². The Morgan fingerprint density at radius 1 is 1.18 bits per heavy atom. The molecule has 0 unspecified atom stereocenters. The topological polar surface area (TPSA) is 81.5 Å². The molecule has 0 saturated carbocycles. The van der Waals surface area contributed by atoms with E-state index in [2.05, 4.69) is 4.98 Å². The maximum Gasteiger partial charge on any atom is 0.264 e. The summed E-state index contributed by atoms with van der Waals surface area (Å²) in [7, 11) is 1.62. The van der Waals surface area contributed by atoms with Crippen molar-refractivity contribution in [1.82, 2.24) is 9.55 Å². The van der Waals surface area contributed by atoms with Crippen LogP contribution in [-0.4, -0.2) is 34.9 Å². The van der Waals surface area contributed by atoms with E-state index >= 15 is 0 Å². The average molecular weight is 463 g/mol. The number of aromatic nitrogens is 2. The van der Waals surface area contributed by atoms with Crippen LogP contribution in [-0.2, 0) is 11.3 Å². The number of carbonyl (C=O) groups excluding carboxylic acids is 2. The number of carbonyl (C=O) groups is 2. The molecule has 0 aliphatic carbocycles. The second-order valence-electron chi connectivity index (χ2n) is 7.75. The predicted octanol–water partition coefficient (Wildman–Crippen LogP) is 3.81. The lowest BCUT2D eigenvalue weighted by Crippen LogP contribution is -2.35. The van der Waals surface area contributed by atoms with E-state index in [9.17, 15) is 18.8 Å². The Kier molecular flexibility index (Phi) is 5.05. The van der Waals surface area contributed by atoms with Crippen LogP contribution in [0.5, 0.6) is 5.75 Å². The number of Topliss-reactive ketones (excluding diaryl/α,β-unsaturated/α-hetero) is 1. The minimum absolute atomic E-state index is 0.0473. The van der Waals surface area contributed by atoms with Gasteiger partial charge in [-0.3, -0.25) is 19.0 Å². The lowest BCUT2D eigenvalue weighted by atomic mass is 10.0. The number of ether oxygens (including phenoxy) is 1. The number of halogens is 1. The number of benzene rings is 2. The molecule has 0 spiro atoms. The highest BCUT2D eigenvalue weighted by atomic mass is 32.1. The number of aryl methyl sites for hydroxylation is 1. The van der Waals surface area contributed by atoms with Crippen LogP contribution in [0.4, 0.5) is 10.1 Å². The van der Waals surface area contributed by atoms with Crippen LogP contribution in [0.15, 0.2) is 53.6 Å². The van der Waals surface area contributed by atoms with Crippen molar-refractivity contribution in [2.45, 2.75) is 13.5 Å². The van der Waals surface area contributed by atoms with Gasteiger partial charge in [0.2, 0.25) is 0 Å². The number of hydrogen-bond acceptors (Lipinski definition) is 6. The van der Waals surface area contributed by atoms with Crippen molar-refractivity contribution in [2.75, 3.05) is 18.6 Å². The Bertz CT molecular complexity index is 1490. The van der Waals surface area contributed by atoms with Crippen molar-refractivity contribution >= 4 is 38.9 Å². The Morgan fingerprint density at radius 2 is 1.94 bits per heavy atom. The molecule has 9 heteroatoms. The van der Waals surface area contributed by atoms with Gasteiger partial charge in [0.25, 0.3) is 11.5 Å². The van der Waals surface area contributed by atoms with Gasteiger partial charge in [0.05, 0.1) is 23.9 Å². The molecule has 5 rings (SSSR count). The number of fused-ring (bicyclic) bond motifs is 2. The van der Waals surface area contributed by atoms with E-state index in [1.54, 1.807) is 37.4 Å². The van der Waals surface area contributed by atoms with Crippen LogP contribution in [0.25, 0.3) is 21.3 Å². The number of likely N-dealkylation sites (N-methyl/N-ethyl adjacent to an activating group) is 1. The first-order valence-corrected chi connectivity index (χ1v) is 11.0. The van der Waals surface area contributed by atoms with Gasteiger partial charge in [0.15, 0.2) is 12.4 Å². The minimum atomic E-state index is -0.361. The zero-order chi connectivity index (χ0) is 23.3. The third-order valence-corrected chi connectivity index (χ3v) is 6.68. The summed E-state index contributed by atoms with van der Waals surface area (Å²) in [5.41, 5.74) is 1.92. The van der Waals surface area contributed by atoms with Crippen molar-refractivity contribution in [1.29, 1.82) is 0 Å². The first-order valence-electron chi connectivity index (χ1n) is 10.1. The van der Waals surface area contributed by atoms with Gasteiger partial charge in [0.1, 0.15) is 16.4 Å². The highest BCUT2D eigenvalue weighted by Crippen LogP contribution is 2.35. The molecule has 7 nitrogen and oxygen atoms in total. The normalized spacial score (nSPS) is 13.2. The van der Waals surface area contributed by atoms with Crippen LogP contribution < -0.4 is 15.2 Å². The molecular formula is C24H18FN3O4S. The van der Waals surface area contributed by atoms with Gasteiger partial charge in [-0.15, -0.1) is 11.3 Å². The van der Waals surface area contributed by atoms with Crippen molar-refractivity contribution in [3.8, 4) is 16.9 Å². The van der Waals surface area contributed by atoms with Crippen LogP contribution in [0.1, 0.15) is 15.2 Å². The fourth-order valence-corrected chi connectivity index (χ4v) is 4.91. The Morgan fingerprint density at radius 3 is 2.70 bits per heavy atom. The van der Waals surface area contributed by atoms with E-state index in [-0.39, 0.29) is 36.2 Å². The number of rotatable bonds is 4. The third-order valence-electron chi connectivity index (χ3n) is 5.67. The molecule has 0 radical (unpaired) electrons. The van der Waals surface area contributed by atoms with Gasteiger partial charge in [-0.25, -0.2) is 9.37 Å². The Labute approximate surface area is 191 Å². The van der Waals surface area contributed by atoms with E-state index in [1.165, 1.54) is 39.3 Å². The summed E-state index contributed by atoms with van der Waals surface area (Å²) in [6, 6.07) is 10.8. The van der Waals surface area contributed by atoms with Crippen LogP contribution in [0.3, 0.4) is 0 Å². The van der Waals surface area contributed by atoms with E-state index in [0.29, 0.717) is 38.3 Å². The SMILES string of the molecule is Cc1sc2ncn(CC(=O)c3ccc4c(c3)N(C)C(=O)CO4)c(=O)c2c1-c1ccc(F)cc1. The fraction of sp³-hybridized carbons (Fsp3) is 0.167. The molecule has 0 atom stereocenters. The molecule has 3 heterocycles. The van der Waals surface area contributed by atoms with Crippen molar-refractivity contribution in [3.05, 3.63) is 75.4 Å². The monoisotopic (exact) mass is 463 g/mol. The van der Waals surface area contributed by atoms with Crippen molar-refractivity contribution < 1.29 is 18.7 Å². The van der Waals surface area contributed by atoms with Gasteiger partial charge in [0, 0.05) is 23.1 Å². The highest BCUT2D eigenvalue weighted by Gasteiger charge is 2.24. The van der Waals surface area contributed by atoms with Gasteiger partial charge < -0.3 is 9.64 Å². The smallest absolute Gasteiger partial charge is 0.264 e. The summed E-state index contributed by atoms with van der Waals surface area (Å²) in [6.45, 7) is 1.62. The van der Waals surface area contributed by atoms with Gasteiger partial charge >= 0.3 is 0 Å². The molecule has 0 bridgehead atoms. The Hall–Kier alpha value is -3.85. The lowest BCUT2D eigenvalue weighted by Gasteiger charge is -2.26. The molecule has 0 fully saturated rings. The van der Waals surface area contributed by atoms with Crippen molar-refractivity contribution in [2.24, 2.45) is 0 Å². The molecular weight excluding hydrogens is 445 g/mol. The maximum absolute atomic E-state index is 13.4. The number of nitrogens with zero attached hydrogens (tertiary/aromatic N) is 3. The number of hydrogen-bond donors (Lipinski definition) is 0. The summed E-state index contributed by atoms with van der Waals surface area (Å²) in [5, 5.41) is 0.406. The average Bonchev–Trinajstić information content (AvgIpc) is 3.15. The molecule has 2 aromatic heterocycles. The number of anilines is 1. The van der Waals surface area contributed by atoms with Crippen LogP contribution in [0.2, 0.25) is 0 Å². The first kappa shape index (κ1) is 21.0. The second-order valence-corrected chi connectivity index (χ2v) is 8.95. The summed E-state index contributed by atoms with van der Waals surface area (Å²) in [6.07, 6.45) is 1.37. The summed E-state index contributed by atoms with van der Waals surface area (Å²) >= 11 is 1.38. The molecule has 0 N–H and O–H groups in total. The minimum Gasteiger partial charge on any atom is -0.482 e. The molecule has 2 aromatic carbocycles. The maximum atomic E-state index is 13.4. The highest BCUT2D eigenvalue weighted by molar-refractivity contribution is 7.19. The van der Waals surface area contributed by atoms with Gasteiger partial charge in [-0.2, -0.15) is 0 Å². The summed E-state index contributed by atoms with van der Waals surface area (Å²) in [5.74, 6) is -0.353. The van der Waals surface area contributed by atoms with Gasteiger partial charge in [-0.05, 0) is 42.8 Å². The molecule has 0 saturated heterocycles. The third kappa shape index (κ3) is 3.60. The zero-order valence-electron chi connectivity index (χ0n) is 17.8. The molecule has 1 amide bonds. The quantitative estimate of drug-likeness (QED) is 0.430. The van der Waals surface area contributed by atoms with E-state index in [4.69, 9.17) is 4.74 Å². The molecule has 1 aliphatic rings. The number of amides is 1. The largest absolute Gasteiger partial charge is 0.482 e. The van der Waals surface area contributed by atoms with Crippen LogP contribution >= 0.6 is 11.3 Å². The van der Waals surface area contributed by atoms with Gasteiger partial charge in [-0.1, -0.05) is 12.1 Å². The van der Waals surface area contributed by atoms with Crippen LogP contribution in [0, 0.1) is 12.7 Å². The second kappa shape index (κ2) is 7.93. The number of thiophene rings is 1. The predicted molar refractivity (Wildman–Crippen MR) is 124 cm³/mol. The standard InChI is InChI=1S/C24H18FN3O4S/c1-13-21(14-3-6-16(25)7-4-14)22-23(33-13)26-12-28(24(22)31)10-18(29)15-5-8-19-17(9-15)27(2)20(30)11-32-19/h3-9,12H,10-11H2,1-2H3. The Balaban J connectivity index is 1.52. The summed E-state index contributed by atoms with van der Waals surface area (Å²) < 4.78 is 20.1. The van der Waals surface area contributed by atoms with Crippen molar-refractivity contribution in [3.63, 3.8) is 0 Å². The number of ketones is 1. The zero-order valence-corrected chi connectivity index (χ0v) is 18.6. The van der Waals surface area contributed by atoms with E-state index in [0.717, 1.165) is 4.88 Å². The molecule has 33 heavy (non-hydrogen) atoms. The molecule has 166 valence electrons. The lowest BCUT2D eigenvalue weighted by molar-refractivity contribution is -0.120. The fourth-order valence-electron chi connectivity index (χ4n) is 3.91. The summed E-state index contributed by atoms with van der Waals surface area (Å²) in [4.78, 5) is 45.5. The van der Waals surface area contributed by atoms with E-state index in [1.807, 2.05) is 6.92 Å². The molecule has 4 aromatic rings.